The number of hydrogen-bond donors (Lipinski definition) is 1. The highest BCUT2D eigenvalue weighted by Crippen LogP contribution is 2.37. The van der Waals surface area contributed by atoms with Crippen LogP contribution in [0.3, 0.4) is 0 Å². The van der Waals surface area contributed by atoms with Gasteiger partial charge in [0.15, 0.2) is 11.9 Å². The predicted octanol–water partition coefficient (Wildman–Crippen LogP) is 1.66. The number of amides is 1. The van der Waals surface area contributed by atoms with Gasteiger partial charge in [0.2, 0.25) is 0 Å². The maximum absolute atomic E-state index is 12.4. The van der Waals surface area contributed by atoms with Crippen LogP contribution in [0.15, 0.2) is 18.2 Å². The van der Waals surface area contributed by atoms with E-state index in [1.807, 2.05) is 6.92 Å². The van der Waals surface area contributed by atoms with Crippen LogP contribution >= 0.6 is 0 Å². The number of rotatable bonds is 4. The summed E-state index contributed by atoms with van der Waals surface area (Å²) in [4.78, 5) is 25.6. The van der Waals surface area contributed by atoms with Crippen LogP contribution in [0.2, 0.25) is 0 Å². The Bertz CT molecular complexity index is 541. The van der Waals surface area contributed by atoms with Crippen molar-refractivity contribution in [3.63, 3.8) is 0 Å². The quantitative estimate of drug-likeness (QED) is 0.909. The molecule has 5 heteroatoms. The molecule has 0 bridgehead atoms. The third kappa shape index (κ3) is 2.41. The number of ether oxygens (including phenoxy) is 1. The highest BCUT2D eigenvalue weighted by Gasteiger charge is 2.37. The van der Waals surface area contributed by atoms with Crippen molar-refractivity contribution in [1.29, 1.82) is 0 Å². The summed E-state index contributed by atoms with van der Waals surface area (Å²) in [5.74, 6) is 0.267. The first-order chi connectivity index (χ1) is 9.49. The van der Waals surface area contributed by atoms with Crippen molar-refractivity contribution in [2.45, 2.75) is 45.9 Å². The Hall–Kier alpha value is -1.88. The molecule has 2 atom stereocenters. The van der Waals surface area contributed by atoms with Crippen molar-refractivity contribution in [1.82, 2.24) is 0 Å². The Morgan fingerprint density at radius 3 is 2.75 bits per heavy atom. The van der Waals surface area contributed by atoms with Gasteiger partial charge in [-0.25, -0.2) is 0 Å². The summed E-state index contributed by atoms with van der Waals surface area (Å²) in [6.07, 6.45) is -0.0545. The minimum atomic E-state index is -0.585. The van der Waals surface area contributed by atoms with Crippen molar-refractivity contribution < 1.29 is 19.4 Å². The number of aliphatic hydroxyl groups excluding tert-OH is 1. The average molecular weight is 277 g/mol. The zero-order valence-electron chi connectivity index (χ0n) is 11.9. The molecule has 0 saturated carbocycles. The third-order valence-electron chi connectivity index (χ3n) is 3.59. The van der Waals surface area contributed by atoms with Gasteiger partial charge in [-0.3, -0.25) is 14.5 Å². The monoisotopic (exact) mass is 277 g/mol. The number of carbonyl (C=O) groups excluding carboxylic acids is 2. The van der Waals surface area contributed by atoms with Gasteiger partial charge in [-0.2, -0.15) is 0 Å². The number of fused-ring (bicyclic) bond motifs is 1. The van der Waals surface area contributed by atoms with Crippen LogP contribution in [0.5, 0.6) is 5.75 Å². The molecule has 0 aliphatic carbocycles. The maximum atomic E-state index is 12.4. The lowest BCUT2D eigenvalue weighted by Gasteiger charge is -2.37. The summed E-state index contributed by atoms with van der Waals surface area (Å²) in [6, 6.07) is 4.62. The molecule has 108 valence electrons. The molecule has 1 aromatic rings. The van der Waals surface area contributed by atoms with Gasteiger partial charge in [0, 0.05) is 0 Å². The fourth-order valence-electron chi connectivity index (χ4n) is 2.27. The highest BCUT2D eigenvalue weighted by molar-refractivity contribution is 6.05. The zero-order chi connectivity index (χ0) is 14.9. The van der Waals surface area contributed by atoms with Gasteiger partial charge in [-0.1, -0.05) is 13.0 Å². The van der Waals surface area contributed by atoms with E-state index in [0.717, 1.165) is 0 Å². The lowest BCUT2D eigenvalue weighted by atomic mass is 10.1. The van der Waals surface area contributed by atoms with E-state index in [4.69, 9.17) is 4.74 Å². The van der Waals surface area contributed by atoms with Crippen LogP contribution in [0.25, 0.3) is 0 Å². The molecular weight excluding hydrogens is 258 g/mol. The second-order valence-corrected chi connectivity index (χ2v) is 4.97. The molecule has 0 fully saturated rings. The van der Waals surface area contributed by atoms with Crippen molar-refractivity contribution in [2.75, 3.05) is 4.90 Å². The average Bonchev–Trinajstić information content (AvgIpc) is 2.45. The number of aliphatic hydroxyl groups is 1. The van der Waals surface area contributed by atoms with Gasteiger partial charge in [-0.15, -0.1) is 0 Å². The van der Waals surface area contributed by atoms with Crippen LogP contribution in [0.4, 0.5) is 5.69 Å². The van der Waals surface area contributed by atoms with Crippen LogP contribution < -0.4 is 9.64 Å². The molecule has 2 rings (SSSR count). The van der Waals surface area contributed by atoms with E-state index >= 15 is 0 Å². The van der Waals surface area contributed by atoms with E-state index in [-0.39, 0.29) is 18.3 Å². The van der Waals surface area contributed by atoms with Gasteiger partial charge in [0.1, 0.15) is 5.75 Å². The number of anilines is 1. The van der Waals surface area contributed by atoms with Crippen molar-refractivity contribution in [3.05, 3.63) is 23.8 Å². The molecule has 0 radical (unpaired) electrons. The van der Waals surface area contributed by atoms with E-state index in [2.05, 4.69) is 0 Å². The molecule has 1 aliphatic heterocycles. The van der Waals surface area contributed by atoms with Crippen LogP contribution in [0.1, 0.15) is 32.8 Å². The fraction of sp³-hybridized carbons (Fsp3) is 0.467. The van der Waals surface area contributed by atoms with Crippen molar-refractivity contribution >= 4 is 17.4 Å². The fourth-order valence-corrected chi connectivity index (χ4v) is 2.27. The molecule has 1 N–H and O–H groups in total. The SMILES string of the molecule is CCC1Oc2cc(CO)ccc2N(C(C)C(C)=O)C1=O. The predicted molar refractivity (Wildman–Crippen MR) is 74.7 cm³/mol. The lowest BCUT2D eigenvalue weighted by molar-refractivity contribution is -0.129. The van der Waals surface area contributed by atoms with Gasteiger partial charge in [-0.05, 0) is 38.0 Å². The smallest absolute Gasteiger partial charge is 0.268 e. The number of Topliss-reactive ketones (excluding diaryl/α,β-unsaturated/α-hetero) is 1. The molecule has 1 amide bonds. The second kappa shape index (κ2) is 5.63. The number of hydrogen-bond acceptors (Lipinski definition) is 4. The van der Waals surface area contributed by atoms with Crippen molar-refractivity contribution in [3.8, 4) is 5.75 Å². The summed E-state index contributed by atoms with van der Waals surface area (Å²) in [7, 11) is 0. The summed E-state index contributed by atoms with van der Waals surface area (Å²) in [5.41, 5.74) is 1.29. The minimum absolute atomic E-state index is 0.0766. The van der Waals surface area contributed by atoms with Crippen LogP contribution in [-0.2, 0) is 16.2 Å². The Morgan fingerprint density at radius 1 is 1.50 bits per heavy atom. The molecule has 0 spiro atoms. The number of carbonyl (C=O) groups is 2. The number of ketones is 1. The molecule has 2 unspecified atom stereocenters. The van der Waals surface area contributed by atoms with E-state index in [9.17, 15) is 14.7 Å². The van der Waals surface area contributed by atoms with Gasteiger partial charge in [0.05, 0.1) is 18.3 Å². The Kier molecular flexibility index (Phi) is 4.09. The molecule has 1 heterocycles. The maximum Gasteiger partial charge on any atom is 0.268 e. The van der Waals surface area contributed by atoms with E-state index < -0.39 is 12.1 Å². The van der Waals surface area contributed by atoms with Crippen LogP contribution in [0, 0.1) is 0 Å². The Labute approximate surface area is 118 Å². The summed E-state index contributed by atoms with van der Waals surface area (Å²) in [6.45, 7) is 4.95. The third-order valence-corrected chi connectivity index (χ3v) is 3.59. The first-order valence-electron chi connectivity index (χ1n) is 6.73. The van der Waals surface area contributed by atoms with Gasteiger partial charge in [0.25, 0.3) is 5.91 Å². The van der Waals surface area contributed by atoms with Crippen LogP contribution in [-0.4, -0.2) is 28.9 Å². The molecule has 0 aromatic heterocycles. The lowest BCUT2D eigenvalue weighted by Crippen LogP contribution is -2.51. The normalized spacial score (nSPS) is 19.3. The largest absolute Gasteiger partial charge is 0.478 e. The molecular formula is C15H19NO4. The molecule has 1 aromatic carbocycles. The highest BCUT2D eigenvalue weighted by atomic mass is 16.5. The van der Waals surface area contributed by atoms with Crippen molar-refractivity contribution in [2.24, 2.45) is 0 Å². The van der Waals surface area contributed by atoms with E-state index in [1.54, 1.807) is 25.1 Å². The first-order valence-corrected chi connectivity index (χ1v) is 6.73. The zero-order valence-corrected chi connectivity index (χ0v) is 11.9. The standard InChI is InChI=1S/C15H19NO4/c1-4-13-15(19)16(9(2)10(3)18)12-6-5-11(8-17)7-14(12)20-13/h5-7,9,13,17H,4,8H2,1-3H3. The second-order valence-electron chi connectivity index (χ2n) is 4.97. The Morgan fingerprint density at radius 2 is 2.20 bits per heavy atom. The van der Waals surface area contributed by atoms with E-state index in [0.29, 0.717) is 23.4 Å². The number of benzene rings is 1. The summed E-state index contributed by atoms with van der Waals surface area (Å²) in [5, 5.41) is 9.19. The molecule has 0 saturated heterocycles. The minimum Gasteiger partial charge on any atom is -0.478 e. The first kappa shape index (κ1) is 14.5. The van der Waals surface area contributed by atoms with E-state index in [1.165, 1.54) is 11.8 Å². The summed E-state index contributed by atoms with van der Waals surface area (Å²) >= 11 is 0. The van der Waals surface area contributed by atoms with Gasteiger partial charge >= 0.3 is 0 Å². The number of nitrogens with zero attached hydrogens (tertiary/aromatic N) is 1. The summed E-state index contributed by atoms with van der Waals surface area (Å²) < 4.78 is 5.68. The molecule has 1 aliphatic rings. The van der Waals surface area contributed by atoms with Gasteiger partial charge < -0.3 is 9.84 Å². The topological polar surface area (TPSA) is 66.8 Å². The molecule has 5 nitrogen and oxygen atoms in total. The Balaban J connectivity index is 2.50. The molecule has 20 heavy (non-hydrogen) atoms.